The Morgan fingerprint density at radius 2 is 2.54 bits per heavy atom. The maximum absolute atomic E-state index is 5.69. The maximum Gasteiger partial charge on any atom is 0.115 e. The third-order valence-electron chi connectivity index (χ3n) is 2.47. The third kappa shape index (κ3) is 1.55. The van der Waals surface area contributed by atoms with E-state index in [9.17, 15) is 0 Å². The molecule has 70 valence electrons. The fraction of sp³-hybridized carbons (Fsp3) is 0.556. The summed E-state index contributed by atoms with van der Waals surface area (Å²) < 4.78 is 0. The standard InChI is InChI=1S/C9H14N4/c1-13-4-7(2-10)9-8(5-13)3-11-6-12-9/h3,6-7H,2,4-5,10H2,1H3. The van der Waals surface area contributed by atoms with Gasteiger partial charge >= 0.3 is 0 Å². The van der Waals surface area contributed by atoms with Crippen molar-refractivity contribution >= 4 is 0 Å². The number of nitrogens with two attached hydrogens (primary N) is 1. The first-order chi connectivity index (χ1) is 6.31. The summed E-state index contributed by atoms with van der Waals surface area (Å²) in [7, 11) is 2.10. The number of fused-ring (bicyclic) bond motifs is 1. The highest BCUT2D eigenvalue weighted by Gasteiger charge is 2.23. The molecule has 1 atom stereocenters. The smallest absolute Gasteiger partial charge is 0.115 e. The van der Waals surface area contributed by atoms with Crippen LogP contribution in [0.4, 0.5) is 0 Å². The highest BCUT2D eigenvalue weighted by molar-refractivity contribution is 5.23. The van der Waals surface area contributed by atoms with E-state index < -0.39 is 0 Å². The fourth-order valence-electron chi connectivity index (χ4n) is 1.86. The molecule has 0 aromatic carbocycles. The SMILES string of the molecule is CN1Cc2cncnc2C(CN)C1. The Hall–Kier alpha value is -1.00. The van der Waals surface area contributed by atoms with Crippen LogP contribution in [0, 0.1) is 0 Å². The molecule has 1 aromatic rings. The summed E-state index contributed by atoms with van der Waals surface area (Å²) in [6, 6.07) is 0. The van der Waals surface area contributed by atoms with Crippen LogP contribution in [-0.2, 0) is 6.54 Å². The lowest BCUT2D eigenvalue weighted by atomic mass is 9.96. The van der Waals surface area contributed by atoms with Crippen LogP contribution in [0.5, 0.6) is 0 Å². The van der Waals surface area contributed by atoms with Gasteiger partial charge in [0.15, 0.2) is 0 Å². The van der Waals surface area contributed by atoms with Crippen LogP contribution >= 0.6 is 0 Å². The van der Waals surface area contributed by atoms with Crippen molar-refractivity contribution in [1.29, 1.82) is 0 Å². The van der Waals surface area contributed by atoms with Gasteiger partial charge in [-0.05, 0) is 7.05 Å². The Kier molecular flexibility index (Phi) is 2.24. The van der Waals surface area contributed by atoms with Gasteiger partial charge in [-0.25, -0.2) is 9.97 Å². The second-order valence-corrected chi connectivity index (χ2v) is 3.56. The highest BCUT2D eigenvalue weighted by Crippen LogP contribution is 2.23. The molecule has 0 fully saturated rings. The second-order valence-electron chi connectivity index (χ2n) is 3.56. The van der Waals surface area contributed by atoms with E-state index in [1.54, 1.807) is 6.33 Å². The Bertz CT molecular complexity index is 299. The monoisotopic (exact) mass is 178 g/mol. The molecule has 0 saturated heterocycles. The summed E-state index contributed by atoms with van der Waals surface area (Å²) in [5.41, 5.74) is 8.04. The van der Waals surface area contributed by atoms with E-state index in [0.29, 0.717) is 12.5 Å². The zero-order valence-corrected chi connectivity index (χ0v) is 7.77. The Morgan fingerprint density at radius 3 is 3.31 bits per heavy atom. The van der Waals surface area contributed by atoms with Crippen LogP contribution in [0.15, 0.2) is 12.5 Å². The average molecular weight is 178 g/mol. The van der Waals surface area contributed by atoms with Crippen molar-refractivity contribution in [3.05, 3.63) is 23.8 Å². The molecule has 0 amide bonds. The molecule has 0 spiro atoms. The molecule has 1 unspecified atom stereocenters. The van der Waals surface area contributed by atoms with E-state index in [2.05, 4.69) is 21.9 Å². The molecule has 0 radical (unpaired) electrons. The molecule has 13 heavy (non-hydrogen) atoms. The van der Waals surface area contributed by atoms with Gasteiger partial charge in [-0.2, -0.15) is 0 Å². The molecular weight excluding hydrogens is 164 g/mol. The lowest BCUT2D eigenvalue weighted by molar-refractivity contribution is 0.278. The van der Waals surface area contributed by atoms with Crippen LogP contribution in [0.1, 0.15) is 17.2 Å². The normalized spacial score (nSPS) is 22.8. The highest BCUT2D eigenvalue weighted by atomic mass is 15.1. The predicted molar refractivity (Wildman–Crippen MR) is 50.2 cm³/mol. The van der Waals surface area contributed by atoms with Gasteiger partial charge in [-0.15, -0.1) is 0 Å². The molecule has 2 N–H and O–H groups in total. The van der Waals surface area contributed by atoms with Gasteiger partial charge in [-0.1, -0.05) is 0 Å². The summed E-state index contributed by atoms with van der Waals surface area (Å²) in [5.74, 6) is 0.372. The summed E-state index contributed by atoms with van der Waals surface area (Å²) in [6.45, 7) is 2.60. The number of aromatic nitrogens is 2. The average Bonchev–Trinajstić information content (AvgIpc) is 2.16. The van der Waals surface area contributed by atoms with Crippen LogP contribution < -0.4 is 5.73 Å². The lowest BCUT2D eigenvalue weighted by Crippen LogP contribution is -2.34. The van der Waals surface area contributed by atoms with Crippen LogP contribution in [0.3, 0.4) is 0 Å². The van der Waals surface area contributed by atoms with Crippen LogP contribution in [0.2, 0.25) is 0 Å². The molecule has 1 aliphatic heterocycles. The summed E-state index contributed by atoms with van der Waals surface area (Å²) in [6.07, 6.45) is 3.49. The van der Waals surface area contributed by atoms with Gasteiger partial charge in [0.2, 0.25) is 0 Å². The van der Waals surface area contributed by atoms with Crippen LogP contribution in [0.25, 0.3) is 0 Å². The number of hydrogen-bond acceptors (Lipinski definition) is 4. The predicted octanol–water partition coefficient (Wildman–Crippen LogP) is -0.0357. The number of hydrogen-bond donors (Lipinski definition) is 1. The van der Waals surface area contributed by atoms with E-state index >= 15 is 0 Å². The van der Waals surface area contributed by atoms with E-state index in [0.717, 1.165) is 18.8 Å². The van der Waals surface area contributed by atoms with E-state index in [-0.39, 0.29) is 0 Å². The quantitative estimate of drug-likeness (QED) is 0.656. The van der Waals surface area contributed by atoms with Crippen molar-refractivity contribution < 1.29 is 0 Å². The Balaban J connectivity index is 2.37. The van der Waals surface area contributed by atoms with Gasteiger partial charge in [0, 0.05) is 37.3 Å². The number of rotatable bonds is 1. The zero-order valence-electron chi connectivity index (χ0n) is 7.77. The first-order valence-corrected chi connectivity index (χ1v) is 4.48. The van der Waals surface area contributed by atoms with E-state index in [1.165, 1.54) is 5.56 Å². The van der Waals surface area contributed by atoms with Gasteiger partial charge in [-0.3, -0.25) is 0 Å². The summed E-state index contributed by atoms with van der Waals surface area (Å²) in [4.78, 5) is 10.6. The molecule has 1 aliphatic rings. The van der Waals surface area contributed by atoms with Gasteiger partial charge in [0.25, 0.3) is 0 Å². The minimum atomic E-state index is 0.372. The third-order valence-corrected chi connectivity index (χ3v) is 2.47. The van der Waals surface area contributed by atoms with Crippen molar-refractivity contribution in [3.63, 3.8) is 0 Å². The van der Waals surface area contributed by atoms with Gasteiger partial charge < -0.3 is 10.6 Å². The van der Waals surface area contributed by atoms with E-state index in [4.69, 9.17) is 5.73 Å². The number of nitrogens with zero attached hydrogens (tertiary/aromatic N) is 3. The fourth-order valence-corrected chi connectivity index (χ4v) is 1.86. The molecule has 4 heteroatoms. The molecule has 2 heterocycles. The van der Waals surface area contributed by atoms with Gasteiger partial charge in [0.05, 0.1) is 5.69 Å². The van der Waals surface area contributed by atoms with Crippen molar-refractivity contribution in [1.82, 2.24) is 14.9 Å². The molecule has 0 bridgehead atoms. The molecule has 4 nitrogen and oxygen atoms in total. The molecular formula is C9H14N4. The topological polar surface area (TPSA) is 55.0 Å². The largest absolute Gasteiger partial charge is 0.330 e. The Morgan fingerprint density at radius 1 is 1.69 bits per heavy atom. The minimum Gasteiger partial charge on any atom is -0.330 e. The van der Waals surface area contributed by atoms with Gasteiger partial charge in [0.1, 0.15) is 6.33 Å². The molecule has 1 aromatic heterocycles. The summed E-state index contributed by atoms with van der Waals surface area (Å²) in [5, 5.41) is 0. The van der Waals surface area contributed by atoms with E-state index in [1.807, 2.05) is 6.20 Å². The Labute approximate surface area is 77.8 Å². The van der Waals surface area contributed by atoms with Crippen molar-refractivity contribution in [2.75, 3.05) is 20.1 Å². The van der Waals surface area contributed by atoms with Crippen molar-refractivity contribution in [2.45, 2.75) is 12.5 Å². The van der Waals surface area contributed by atoms with Crippen molar-refractivity contribution in [2.24, 2.45) is 5.73 Å². The van der Waals surface area contributed by atoms with Crippen LogP contribution in [-0.4, -0.2) is 35.0 Å². The minimum absolute atomic E-state index is 0.372. The van der Waals surface area contributed by atoms with Crippen molar-refractivity contribution in [3.8, 4) is 0 Å². The first kappa shape index (κ1) is 8.59. The molecule has 0 aliphatic carbocycles. The lowest BCUT2D eigenvalue weighted by Gasteiger charge is -2.29. The summed E-state index contributed by atoms with van der Waals surface area (Å²) >= 11 is 0. The second kappa shape index (κ2) is 3.40. The number of likely N-dealkylation sites (N-methyl/N-ethyl adjacent to an activating group) is 1. The molecule has 0 saturated carbocycles. The molecule has 2 rings (SSSR count). The zero-order chi connectivity index (χ0) is 9.26. The maximum atomic E-state index is 5.69. The first-order valence-electron chi connectivity index (χ1n) is 4.48.